The van der Waals surface area contributed by atoms with E-state index in [1.165, 1.54) is 0 Å². The molecular weight excluding hydrogens is 533 g/mol. The van der Waals surface area contributed by atoms with Crippen LogP contribution in [0.4, 0.5) is 0 Å². The fourth-order valence-electron chi connectivity index (χ4n) is 2.34. The Morgan fingerprint density at radius 1 is 1.25 bits per heavy atom. The van der Waals surface area contributed by atoms with Crippen molar-refractivity contribution in [2.45, 2.75) is 6.92 Å². The maximum atomic E-state index is 12.2. The topological polar surface area (TPSA) is 47.9 Å². The van der Waals surface area contributed by atoms with Crippen LogP contribution in [0.25, 0.3) is 6.08 Å². The zero-order valence-corrected chi connectivity index (χ0v) is 19.2. The molecule has 28 heavy (non-hydrogen) atoms. The van der Waals surface area contributed by atoms with Gasteiger partial charge in [-0.05, 0) is 86.3 Å². The first-order valence-corrected chi connectivity index (χ1v) is 10.3. The molecule has 0 radical (unpaired) electrons. The summed E-state index contributed by atoms with van der Waals surface area (Å²) in [7, 11) is 0. The van der Waals surface area contributed by atoms with Crippen molar-refractivity contribution in [1.82, 2.24) is 0 Å². The second kappa shape index (κ2) is 8.82. The normalized spacial score (nSPS) is 14.8. The highest BCUT2D eigenvalue weighted by Gasteiger charge is 2.26. The van der Waals surface area contributed by atoms with Gasteiger partial charge in [-0.3, -0.25) is 0 Å². The molecule has 0 spiro atoms. The van der Waals surface area contributed by atoms with Crippen LogP contribution in [0.2, 0.25) is 10.0 Å². The average molecular weight is 546 g/mol. The minimum absolute atomic E-state index is 0.137. The van der Waals surface area contributed by atoms with E-state index < -0.39 is 5.97 Å². The molecule has 0 amide bonds. The number of nitrogens with zero attached hydrogens (tertiary/aromatic N) is 1. The van der Waals surface area contributed by atoms with Crippen LogP contribution in [0.15, 0.2) is 62.1 Å². The Morgan fingerprint density at radius 3 is 2.54 bits per heavy atom. The first-order chi connectivity index (χ1) is 13.2. The number of hydrogen-bond donors (Lipinski definition) is 0. The van der Waals surface area contributed by atoms with Crippen LogP contribution in [-0.2, 0) is 9.53 Å². The SMILES string of the molecule is C=C(C)COc1c(Br)cc(/C=C2\N=C(c3ccc(Cl)cc3Cl)OC2=O)cc1Br. The quantitative estimate of drug-likeness (QED) is 0.235. The van der Waals surface area contributed by atoms with Crippen LogP contribution in [0.1, 0.15) is 18.1 Å². The van der Waals surface area contributed by atoms with Crippen LogP contribution in [0.3, 0.4) is 0 Å². The summed E-state index contributed by atoms with van der Waals surface area (Å²) in [5.74, 6) is 0.226. The second-order valence-corrected chi connectivity index (χ2v) is 8.57. The van der Waals surface area contributed by atoms with Gasteiger partial charge in [0.15, 0.2) is 5.70 Å². The minimum Gasteiger partial charge on any atom is -0.487 e. The highest BCUT2D eigenvalue weighted by atomic mass is 79.9. The molecule has 1 aliphatic rings. The van der Waals surface area contributed by atoms with E-state index in [1.54, 1.807) is 24.3 Å². The third-order valence-electron chi connectivity index (χ3n) is 3.57. The molecule has 2 aromatic rings. The Morgan fingerprint density at radius 2 is 1.93 bits per heavy atom. The zero-order valence-electron chi connectivity index (χ0n) is 14.6. The van der Waals surface area contributed by atoms with Gasteiger partial charge in [-0.15, -0.1) is 0 Å². The predicted molar refractivity (Wildman–Crippen MR) is 119 cm³/mol. The molecule has 1 heterocycles. The lowest BCUT2D eigenvalue weighted by atomic mass is 10.2. The van der Waals surface area contributed by atoms with E-state index in [0.29, 0.717) is 28.0 Å². The Hall–Kier alpha value is -1.60. The predicted octanol–water partition coefficient (Wildman–Crippen LogP) is 6.82. The molecule has 8 heteroatoms. The number of hydrogen-bond acceptors (Lipinski definition) is 4. The largest absolute Gasteiger partial charge is 0.487 e. The Bertz CT molecular complexity index is 1020. The van der Waals surface area contributed by atoms with Crippen molar-refractivity contribution in [2.75, 3.05) is 6.61 Å². The first-order valence-electron chi connectivity index (χ1n) is 7.99. The third-order valence-corrected chi connectivity index (χ3v) is 5.29. The molecule has 0 aromatic heterocycles. The minimum atomic E-state index is -0.559. The van der Waals surface area contributed by atoms with Gasteiger partial charge in [0.2, 0.25) is 5.90 Å². The number of ether oxygens (including phenoxy) is 2. The Kier molecular flexibility index (Phi) is 6.65. The maximum absolute atomic E-state index is 12.2. The molecule has 0 fully saturated rings. The van der Waals surface area contributed by atoms with Crippen molar-refractivity contribution in [2.24, 2.45) is 4.99 Å². The van der Waals surface area contributed by atoms with Gasteiger partial charge < -0.3 is 9.47 Å². The summed E-state index contributed by atoms with van der Waals surface area (Å²) in [6.45, 7) is 6.10. The number of rotatable bonds is 5. The van der Waals surface area contributed by atoms with Crippen molar-refractivity contribution in [3.05, 3.63) is 78.3 Å². The number of benzene rings is 2. The molecule has 1 aliphatic heterocycles. The smallest absolute Gasteiger partial charge is 0.363 e. The molecular formula is C20H13Br2Cl2NO3. The van der Waals surface area contributed by atoms with Gasteiger partial charge in [0.25, 0.3) is 0 Å². The summed E-state index contributed by atoms with van der Waals surface area (Å²) in [5, 5.41) is 0.836. The van der Waals surface area contributed by atoms with Gasteiger partial charge >= 0.3 is 5.97 Å². The fourth-order valence-corrected chi connectivity index (χ4v) is 4.28. The van der Waals surface area contributed by atoms with Crippen LogP contribution >= 0.6 is 55.1 Å². The third kappa shape index (κ3) is 4.87. The standard InChI is InChI=1S/C20H13Br2Cl2NO3/c1-10(2)9-27-18-14(21)5-11(6-15(18)22)7-17-20(26)28-19(25-17)13-4-3-12(23)8-16(13)24/h3-8H,1,9H2,2H3/b17-7-. The number of cyclic esters (lactones) is 1. The van der Waals surface area contributed by atoms with E-state index >= 15 is 0 Å². The molecule has 3 rings (SSSR count). The van der Waals surface area contributed by atoms with E-state index in [-0.39, 0.29) is 11.6 Å². The summed E-state index contributed by atoms with van der Waals surface area (Å²) < 4.78 is 12.4. The molecule has 0 N–H and O–H groups in total. The van der Waals surface area contributed by atoms with Crippen molar-refractivity contribution in [3.63, 3.8) is 0 Å². The van der Waals surface area contributed by atoms with Crippen molar-refractivity contribution < 1.29 is 14.3 Å². The van der Waals surface area contributed by atoms with E-state index in [1.807, 2.05) is 19.1 Å². The molecule has 0 saturated carbocycles. The number of halogens is 4. The zero-order chi connectivity index (χ0) is 20.4. The van der Waals surface area contributed by atoms with Gasteiger partial charge in [0, 0.05) is 5.02 Å². The number of carbonyl (C=O) groups is 1. The van der Waals surface area contributed by atoms with E-state index in [0.717, 1.165) is 20.1 Å². The molecule has 4 nitrogen and oxygen atoms in total. The summed E-state index contributed by atoms with van der Waals surface area (Å²) in [6.07, 6.45) is 1.62. The number of esters is 1. The van der Waals surface area contributed by atoms with Crippen LogP contribution in [-0.4, -0.2) is 18.5 Å². The summed E-state index contributed by atoms with van der Waals surface area (Å²) in [4.78, 5) is 16.5. The van der Waals surface area contributed by atoms with Crippen LogP contribution in [0.5, 0.6) is 5.75 Å². The van der Waals surface area contributed by atoms with E-state index in [4.69, 9.17) is 32.7 Å². The van der Waals surface area contributed by atoms with Crippen molar-refractivity contribution in [3.8, 4) is 5.75 Å². The monoisotopic (exact) mass is 543 g/mol. The van der Waals surface area contributed by atoms with Gasteiger partial charge in [0.1, 0.15) is 12.4 Å². The van der Waals surface area contributed by atoms with Gasteiger partial charge in [-0.2, -0.15) is 0 Å². The van der Waals surface area contributed by atoms with Gasteiger partial charge in [-0.1, -0.05) is 29.8 Å². The number of aliphatic imine (C=N–C) groups is 1. The highest BCUT2D eigenvalue weighted by molar-refractivity contribution is 9.11. The lowest BCUT2D eigenvalue weighted by Crippen LogP contribution is -2.05. The van der Waals surface area contributed by atoms with Crippen molar-refractivity contribution in [1.29, 1.82) is 0 Å². The van der Waals surface area contributed by atoms with Crippen LogP contribution in [0, 0.1) is 0 Å². The fraction of sp³-hybridized carbons (Fsp3) is 0.100. The molecule has 0 aliphatic carbocycles. The molecule has 0 atom stereocenters. The van der Waals surface area contributed by atoms with Crippen molar-refractivity contribution >= 4 is 73.0 Å². The molecule has 0 bridgehead atoms. The molecule has 144 valence electrons. The summed E-state index contributed by atoms with van der Waals surface area (Å²) >= 11 is 19.0. The average Bonchev–Trinajstić information content (AvgIpc) is 2.94. The Labute approximate surface area is 189 Å². The van der Waals surface area contributed by atoms with Crippen LogP contribution < -0.4 is 4.74 Å². The summed E-state index contributed by atoms with van der Waals surface area (Å²) in [6, 6.07) is 8.51. The highest BCUT2D eigenvalue weighted by Crippen LogP contribution is 2.36. The van der Waals surface area contributed by atoms with Gasteiger partial charge in [-0.25, -0.2) is 9.79 Å². The molecule has 0 unspecified atom stereocenters. The van der Waals surface area contributed by atoms with E-state index in [2.05, 4.69) is 43.4 Å². The second-order valence-electron chi connectivity index (χ2n) is 6.02. The lowest BCUT2D eigenvalue weighted by molar-refractivity contribution is -0.129. The number of carbonyl (C=O) groups excluding carboxylic acids is 1. The van der Waals surface area contributed by atoms with Gasteiger partial charge in [0.05, 0.1) is 19.5 Å². The molecule has 2 aromatic carbocycles. The first kappa shape index (κ1) is 21.1. The maximum Gasteiger partial charge on any atom is 0.363 e. The molecule has 0 saturated heterocycles. The van der Waals surface area contributed by atoms with E-state index in [9.17, 15) is 4.79 Å². The lowest BCUT2D eigenvalue weighted by Gasteiger charge is -2.11. The summed E-state index contributed by atoms with van der Waals surface area (Å²) in [5.41, 5.74) is 2.30. The Balaban J connectivity index is 1.91.